The van der Waals surface area contributed by atoms with Crippen LogP contribution in [0.4, 0.5) is 0 Å². The maximum Gasteiger partial charge on any atom is 0.326 e. The van der Waals surface area contributed by atoms with Gasteiger partial charge < -0.3 is 74.4 Å². The molecule has 0 aliphatic heterocycles. The number of thioether (sulfide) groups is 1. The number of phenolic OH excluding ortho intramolecular Hbond substituents is 1. The van der Waals surface area contributed by atoms with Gasteiger partial charge in [0.25, 0.3) is 0 Å². The molecule has 5 aromatic rings. The zero-order valence-corrected chi connectivity index (χ0v) is 42.5. The van der Waals surface area contributed by atoms with E-state index in [9.17, 15) is 53.7 Å². The maximum absolute atomic E-state index is 14.6. The number of hydrogen-bond donors (Lipinski definition) is 14. The first-order chi connectivity index (χ1) is 36.4. The van der Waals surface area contributed by atoms with Gasteiger partial charge in [-0.3, -0.25) is 38.6 Å². The Kier molecular flexibility index (Phi) is 22.6. The summed E-state index contributed by atoms with van der Waals surface area (Å²) in [6, 6.07) is 12.2. The van der Waals surface area contributed by atoms with Gasteiger partial charge in [0.1, 0.15) is 42.0 Å². The van der Waals surface area contributed by atoms with Gasteiger partial charge in [-0.1, -0.05) is 60.7 Å². The molecule has 24 nitrogen and oxygen atoms in total. The monoisotopic (exact) mass is 1070 g/mol. The quantitative estimate of drug-likeness (QED) is 0.0156. The Morgan fingerprint density at radius 1 is 0.632 bits per heavy atom. The number of hydrogen-bond acceptors (Lipinski definition) is 13. The number of phenols is 1. The number of aromatic hydroxyl groups is 1. The molecule has 7 atom stereocenters. The summed E-state index contributed by atoms with van der Waals surface area (Å²) in [5, 5.41) is 46.0. The number of carboxylic acid groups (broad SMARTS) is 2. The molecule has 0 aliphatic rings. The van der Waals surface area contributed by atoms with Crippen molar-refractivity contribution in [2.75, 3.05) is 18.6 Å². The van der Waals surface area contributed by atoms with Crippen molar-refractivity contribution < 1.29 is 53.7 Å². The molecular formula is C51H65N13O11S. The van der Waals surface area contributed by atoms with Crippen molar-refractivity contribution in [2.45, 2.75) is 100 Å². The fourth-order valence-electron chi connectivity index (χ4n) is 8.04. The number of benzene rings is 3. The predicted octanol–water partition coefficient (Wildman–Crippen LogP) is -0.141. The molecule has 76 heavy (non-hydrogen) atoms. The number of nitrogens with one attached hydrogen (secondary N) is 8. The summed E-state index contributed by atoms with van der Waals surface area (Å²) in [5.74, 6) is -7.54. The first-order valence-corrected chi connectivity index (χ1v) is 25.7. The largest absolute Gasteiger partial charge is 0.508 e. The molecule has 0 bridgehead atoms. The average Bonchev–Trinajstić information content (AvgIpc) is 4.07. The highest BCUT2D eigenvalue weighted by atomic mass is 32.2. The van der Waals surface area contributed by atoms with Crippen LogP contribution in [-0.4, -0.2) is 144 Å². The van der Waals surface area contributed by atoms with Gasteiger partial charge in [0.15, 0.2) is 5.96 Å². The van der Waals surface area contributed by atoms with Crippen molar-refractivity contribution in [3.05, 3.63) is 120 Å². The van der Waals surface area contributed by atoms with Gasteiger partial charge in [0, 0.05) is 61.2 Å². The lowest BCUT2D eigenvalue weighted by atomic mass is 10.0. The number of carbonyl (C=O) groups excluding carboxylic acids is 6. The maximum atomic E-state index is 14.6. The first-order valence-electron chi connectivity index (χ1n) is 24.3. The van der Waals surface area contributed by atoms with Crippen LogP contribution < -0.4 is 49.1 Å². The second kappa shape index (κ2) is 29.4. The van der Waals surface area contributed by atoms with Gasteiger partial charge >= 0.3 is 11.9 Å². The first kappa shape index (κ1) is 58.4. The van der Waals surface area contributed by atoms with E-state index in [0.29, 0.717) is 28.1 Å². The van der Waals surface area contributed by atoms with Gasteiger partial charge in [-0.2, -0.15) is 11.8 Å². The van der Waals surface area contributed by atoms with Crippen molar-refractivity contribution in [3.63, 3.8) is 0 Å². The van der Waals surface area contributed by atoms with Gasteiger partial charge in [0.2, 0.25) is 35.4 Å². The van der Waals surface area contributed by atoms with Crippen molar-refractivity contribution >= 4 is 76.0 Å². The summed E-state index contributed by atoms with van der Waals surface area (Å²) in [6.07, 6.45) is 4.89. The number of aliphatic imine (C=N–C) groups is 1. The molecule has 0 unspecified atom stereocenters. The van der Waals surface area contributed by atoms with Crippen LogP contribution in [0.3, 0.4) is 0 Å². The summed E-state index contributed by atoms with van der Waals surface area (Å²) in [5.41, 5.74) is 20.2. The van der Waals surface area contributed by atoms with Crippen molar-refractivity contribution in [2.24, 2.45) is 22.2 Å². The number of guanidine groups is 1. The number of aromatic nitrogens is 3. The highest BCUT2D eigenvalue weighted by Crippen LogP contribution is 2.20. The minimum Gasteiger partial charge on any atom is -0.508 e. The Bertz CT molecular complexity index is 2770. The molecule has 5 rings (SSSR count). The lowest BCUT2D eigenvalue weighted by molar-refractivity contribution is -0.142. The fraction of sp³-hybridized carbons (Fsp3) is 0.373. The Morgan fingerprint density at radius 3 is 1.79 bits per heavy atom. The molecule has 0 radical (unpaired) electrons. The van der Waals surface area contributed by atoms with Crippen molar-refractivity contribution in [1.29, 1.82) is 0 Å². The second-order valence-electron chi connectivity index (χ2n) is 17.9. The molecule has 0 saturated heterocycles. The lowest BCUT2D eigenvalue weighted by Gasteiger charge is -2.27. The number of carbonyl (C=O) groups is 8. The molecule has 3 aromatic carbocycles. The Balaban J connectivity index is 1.38. The van der Waals surface area contributed by atoms with E-state index in [1.54, 1.807) is 61.0 Å². The average molecular weight is 1070 g/mol. The number of para-hydroxylation sites is 1. The summed E-state index contributed by atoms with van der Waals surface area (Å²) >= 11 is 1.38. The molecule has 406 valence electrons. The number of H-pyrrole nitrogens is 2. The number of aliphatic carboxylic acids is 2. The SMILES string of the molecule is CSCC[C@H](NC(=O)[C@@H](N)Cc1ccc(O)cc1)C(=O)N[C@@H](CCC(=O)O)C(=O)N[C@@H](Cc1cnc[nH]1)C(=O)N[C@@H](Cc1ccccc1)C(=O)N[C@@H](CCCN=C(N)N)C(=O)N[C@@H](Cc1c[nH]c2ccccc12)C(=O)O. The smallest absolute Gasteiger partial charge is 0.326 e. The van der Waals surface area contributed by atoms with Crippen LogP contribution in [0.5, 0.6) is 5.75 Å². The molecular weight excluding hydrogens is 1000 g/mol. The molecule has 0 aliphatic carbocycles. The van der Waals surface area contributed by atoms with Gasteiger partial charge in [0.05, 0.1) is 12.4 Å². The van der Waals surface area contributed by atoms with Crippen LogP contribution in [-0.2, 0) is 64.0 Å². The van der Waals surface area contributed by atoms with E-state index in [4.69, 9.17) is 17.2 Å². The standard InChI is InChI=1S/C51H65N13O11S/c1-76-21-19-39(59-44(68)35(52)22-30-13-15-33(65)16-14-30)47(71)61-38(17-18-43(66)67)46(70)63-41(25-32-27-55-28-58-32)49(73)62-40(23-29-8-3-2-4-9-29)48(72)60-37(12-7-20-56-51(53)54)45(69)64-42(50(74)75)24-31-26-57-36-11-6-5-10-34(31)36/h2-6,8-11,13-16,26-28,35,37-42,57,65H,7,12,17-25,52H2,1H3,(H,55,58)(H,59,68)(H,60,72)(H,61,71)(H,62,73)(H,63,70)(H,64,69)(H,66,67)(H,74,75)(H4,53,54,56)/t35-,37-,38-,39-,40-,41-,42-/m0/s1. The highest BCUT2D eigenvalue weighted by molar-refractivity contribution is 7.98. The third-order valence-electron chi connectivity index (χ3n) is 12.1. The van der Waals surface area contributed by atoms with E-state index in [-0.39, 0.29) is 63.2 Å². The minimum atomic E-state index is -1.56. The fourth-order valence-corrected chi connectivity index (χ4v) is 8.51. The number of carboxylic acids is 2. The molecule has 17 N–H and O–H groups in total. The Labute approximate surface area is 441 Å². The van der Waals surface area contributed by atoms with Crippen LogP contribution in [0.2, 0.25) is 0 Å². The second-order valence-corrected chi connectivity index (χ2v) is 18.9. The topological polar surface area (TPSA) is 404 Å². The molecule has 0 fully saturated rings. The third kappa shape index (κ3) is 18.8. The van der Waals surface area contributed by atoms with E-state index < -0.39 is 103 Å². The van der Waals surface area contributed by atoms with E-state index >= 15 is 0 Å². The molecule has 2 aromatic heterocycles. The van der Waals surface area contributed by atoms with E-state index in [0.717, 1.165) is 10.9 Å². The van der Waals surface area contributed by atoms with Crippen molar-refractivity contribution in [3.8, 4) is 5.75 Å². The molecule has 2 heterocycles. The zero-order valence-electron chi connectivity index (χ0n) is 41.7. The van der Waals surface area contributed by atoms with E-state index in [2.05, 4.69) is 51.8 Å². The third-order valence-corrected chi connectivity index (χ3v) is 12.7. The molecule has 25 heteroatoms. The molecule has 0 spiro atoms. The molecule has 6 amide bonds. The van der Waals surface area contributed by atoms with Crippen LogP contribution >= 0.6 is 11.8 Å². The summed E-state index contributed by atoms with van der Waals surface area (Å²) in [4.78, 5) is 123. The van der Waals surface area contributed by atoms with Gasteiger partial charge in [-0.05, 0) is 79.0 Å². The van der Waals surface area contributed by atoms with Crippen LogP contribution in [0.1, 0.15) is 54.5 Å². The van der Waals surface area contributed by atoms with Crippen molar-refractivity contribution in [1.82, 2.24) is 46.9 Å². The van der Waals surface area contributed by atoms with E-state index in [1.807, 2.05) is 18.2 Å². The normalized spacial score (nSPS) is 13.8. The Morgan fingerprint density at radius 2 is 1.18 bits per heavy atom. The number of amides is 6. The van der Waals surface area contributed by atoms with Gasteiger partial charge in [-0.15, -0.1) is 0 Å². The highest BCUT2D eigenvalue weighted by Gasteiger charge is 2.35. The predicted molar refractivity (Wildman–Crippen MR) is 283 cm³/mol. The van der Waals surface area contributed by atoms with Crippen LogP contribution in [0.15, 0.2) is 103 Å². The van der Waals surface area contributed by atoms with E-state index in [1.165, 1.54) is 36.4 Å². The van der Waals surface area contributed by atoms with Crippen LogP contribution in [0, 0.1) is 0 Å². The lowest BCUT2D eigenvalue weighted by Crippen LogP contribution is -2.60. The number of imidazole rings is 1. The number of fused-ring (bicyclic) bond motifs is 1. The summed E-state index contributed by atoms with van der Waals surface area (Å²) < 4.78 is 0. The van der Waals surface area contributed by atoms with Gasteiger partial charge in [-0.25, -0.2) is 9.78 Å². The summed E-state index contributed by atoms with van der Waals surface area (Å²) in [7, 11) is 0. The number of nitrogens with two attached hydrogens (primary N) is 3. The summed E-state index contributed by atoms with van der Waals surface area (Å²) in [6.45, 7) is 0.0517. The Hall–Kier alpha value is -8.45. The minimum absolute atomic E-state index is 0.0226. The zero-order chi connectivity index (χ0) is 55.1. The van der Waals surface area contributed by atoms with Crippen LogP contribution in [0.25, 0.3) is 10.9 Å². The molecule has 0 saturated carbocycles. The number of rotatable bonds is 31. The number of aromatic amines is 2. The number of nitrogens with zero attached hydrogens (tertiary/aromatic N) is 2.